The number of ether oxygens (including phenoxy) is 1. The Bertz CT molecular complexity index is 883. The average molecular weight is 386 g/mol. The van der Waals surface area contributed by atoms with E-state index in [2.05, 4.69) is 0 Å². The lowest BCUT2D eigenvalue weighted by molar-refractivity contribution is -0.146. The van der Waals surface area contributed by atoms with Crippen LogP contribution in [0.25, 0.3) is 0 Å². The van der Waals surface area contributed by atoms with E-state index in [0.29, 0.717) is 37.4 Å². The molecule has 2 saturated heterocycles. The number of methoxy groups -OCH3 is 1. The number of hydrogen-bond acceptors (Lipinski definition) is 4. The summed E-state index contributed by atoms with van der Waals surface area (Å²) in [7, 11) is 1.53. The van der Waals surface area contributed by atoms with Gasteiger partial charge in [0.25, 0.3) is 5.91 Å². The number of likely N-dealkylation sites (tertiary alicyclic amines) is 2. The first-order valence-electron chi connectivity index (χ1n) is 9.47. The van der Waals surface area contributed by atoms with Gasteiger partial charge < -0.3 is 19.0 Å². The molecule has 6 nitrogen and oxygen atoms in total. The Kier molecular flexibility index (Phi) is 4.83. The van der Waals surface area contributed by atoms with E-state index in [9.17, 15) is 14.0 Å². The zero-order valence-electron chi connectivity index (χ0n) is 15.8. The van der Waals surface area contributed by atoms with Gasteiger partial charge in [-0.25, -0.2) is 4.39 Å². The SMILES string of the molecule is COc1ccc(F)c(CN2CCC[C@@]3(CCN(C(=O)c4ccco4)C3)C2=O)c1. The van der Waals surface area contributed by atoms with Gasteiger partial charge in [0, 0.05) is 31.7 Å². The molecule has 2 amide bonds. The summed E-state index contributed by atoms with van der Waals surface area (Å²) in [5.41, 5.74) is -0.151. The van der Waals surface area contributed by atoms with Gasteiger partial charge in [0.2, 0.25) is 5.91 Å². The number of hydrogen-bond donors (Lipinski definition) is 0. The number of nitrogens with zero attached hydrogens (tertiary/aromatic N) is 2. The maximum absolute atomic E-state index is 14.2. The van der Waals surface area contributed by atoms with E-state index in [-0.39, 0.29) is 29.9 Å². The van der Waals surface area contributed by atoms with Crippen LogP contribution in [0.5, 0.6) is 5.75 Å². The van der Waals surface area contributed by atoms with Crippen LogP contribution in [-0.4, -0.2) is 48.4 Å². The maximum atomic E-state index is 14.2. The first-order valence-corrected chi connectivity index (χ1v) is 9.47. The molecule has 7 heteroatoms. The fourth-order valence-corrected chi connectivity index (χ4v) is 4.29. The Hall–Kier alpha value is -2.83. The third-order valence-electron chi connectivity index (χ3n) is 5.81. The second-order valence-corrected chi connectivity index (χ2v) is 7.52. The smallest absolute Gasteiger partial charge is 0.289 e. The van der Waals surface area contributed by atoms with Crippen molar-refractivity contribution < 1.29 is 23.1 Å². The Morgan fingerprint density at radius 1 is 1.29 bits per heavy atom. The second-order valence-electron chi connectivity index (χ2n) is 7.52. The number of benzene rings is 1. The van der Waals surface area contributed by atoms with Gasteiger partial charge in [-0.15, -0.1) is 0 Å². The van der Waals surface area contributed by atoms with Crippen LogP contribution in [0.4, 0.5) is 4.39 Å². The van der Waals surface area contributed by atoms with Crippen molar-refractivity contribution in [2.24, 2.45) is 5.41 Å². The minimum absolute atomic E-state index is 0.00397. The summed E-state index contributed by atoms with van der Waals surface area (Å²) < 4.78 is 24.6. The van der Waals surface area contributed by atoms with Crippen molar-refractivity contribution in [3.8, 4) is 5.75 Å². The summed E-state index contributed by atoms with van der Waals surface area (Å²) in [6, 6.07) is 7.86. The van der Waals surface area contributed by atoms with Crippen LogP contribution in [0.1, 0.15) is 35.4 Å². The van der Waals surface area contributed by atoms with Gasteiger partial charge in [-0.1, -0.05) is 0 Å². The largest absolute Gasteiger partial charge is 0.497 e. The highest BCUT2D eigenvalue weighted by Gasteiger charge is 2.49. The summed E-state index contributed by atoms with van der Waals surface area (Å²) in [4.78, 5) is 29.3. The zero-order valence-corrected chi connectivity index (χ0v) is 15.8. The molecule has 28 heavy (non-hydrogen) atoms. The molecular weight excluding hydrogens is 363 g/mol. The van der Waals surface area contributed by atoms with Crippen molar-refractivity contribution in [1.29, 1.82) is 0 Å². The number of carbonyl (C=O) groups excluding carboxylic acids is 2. The molecule has 1 atom stereocenters. The van der Waals surface area contributed by atoms with Gasteiger partial charge in [0.15, 0.2) is 5.76 Å². The lowest BCUT2D eigenvalue weighted by atomic mass is 9.78. The molecule has 0 bridgehead atoms. The predicted molar refractivity (Wildman–Crippen MR) is 99.3 cm³/mol. The summed E-state index contributed by atoms with van der Waals surface area (Å²) in [6.45, 7) is 1.69. The van der Waals surface area contributed by atoms with Crippen LogP contribution in [0, 0.1) is 11.2 Å². The molecule has 0 unspecified atom stereocenters. The van der Waals surface area contributed by atoms with Crippen molar-refractivity contribution in [1.82, 2.24) is 9.80 Å². The minimum Gasteiger partial charge on any atom is -0.497 e. The zero-order chi connectivity index (χ0) is 19.7. The third kappa shape index (κ3) is 3.25. The standard InChI is InChI=1S/C21H23FN2O4/c1-27-16-5-6-17(22)15(12-16)13-23-9-3-7-21(20(23)26)8-10-24(14-21)19(25)18-4-2-11-28-18/h2,4-6,11-12H,3,7-10,13-14H2,1H3/t21-/m0/s1. The van der Waals surface area contributed by atoms with Crippen molar-refractivity contribution in [2.75, 3.05) is 26.7 Å². The molecule has 0 radical (unpaired) electrons. The third-order valence-corrected chi connectivity index (χ3v) is 5.81. The lowest BCUT2D eigenvalue weighted by Gasteiger charge is -2.39. The highest BCUT2D eigenvalue weighted by molar-refractivity contribution is 5.93. The molecule has 2 aliphatic heterocycles. The summed E-state index contributed by atoms with van der Waals surface area (Å²) in [5.74, 6) is 0.304. The lowest BCUT2D eigenvalue weighted by Crippen LogP contribution is -2.50. The molecule has 148 valence electrons. The molecule has 0 saturated carbocycles. The van der Waals surface area contributed by atoms with Gasteiger partial charge >= 0.3 is 0 Å². The molecule has 3 heterocycles. The Labute approximate surface area is 162 Å². The number of furan rings is 1. The second kappa shape index (κ2) is 7.30. The van der Waals surface area contributed by atoms with Gasteiger partial charge in [-0.3, -0.25) is 9.59 Å². The fourth-order valence-electron chi connectivity index (χ4n) is 4.29. The minimum atomic E-state index is -0.587. The highest BCUT2D eigenvalue weighted by Crippen LogP contribution is 2.41. The highest BCUT2D eigenvalue weighted by atomic mass is 19.1. The van der Waals surface area contributed by atoms with E-state index in [0.717, 1.165) is 12.8 Å². The number of rotatable bonds is 4. The Morgan fingerprint density at radius 3 is 2.89 bits per heavy atom. The van der Waals surface area contributed by atoms with E-state index < -0.39 is 5.41 Å². The van der Waals surface area contributed by atoms with Crippen molar-refractivity contribution in [3.63, 3.8) is 0 Å². The molecule has 0 aliphatic carbocycles. The normalized spacial score (nSPS) is 22.1. The van der Waals surface area contributed by atoms with Gasteiger partial charge in [0.1, 0.15) is 11.6 Å². The molecule has 2 fully saturated rings. The molecule has 2 aliphatic rings. The van der Waals surface area contributed by atoms with Crippen molar-refractivity contribution >= 4 is 11.8 Å². The van der Waals surface area contributed by atoms with E-state index in [1.165, 1.54) is 19.4 Å². The molecule has 0 N–H and O–H groups in total. The molecule has 2 aromatic rings. The van der Waals surface area contributed by atoms with Crippen LogP contribution < -0.4 is 4.74 Å². The maximum Gasteiger partial charge on any atom is 0.289 e. The summed E-state index contributed by atoms with van der Waals surface area (Å²) in [6.07, 6.45) is 3.66. The van der Waals surface area contributed by atoms with Gasteiger partial charge in [-0.05, 0) is 49.6 Å². The van der Waals surface area contributed by atoms with E-state index in [4.69, 9.17) is 9.15 Å². The van der Waals surface area contributed by atoms with Crippen LogP contribution in [0.3, 0.4) is 0 Å². The monoisotopic (exact) mass is 386 g/mol. The summed E-state index contributed by atoms with van der Waals surface area (Å²) >= 11 is 0. The van der Waals surface area contributed by atoms with Crippen LogP contribution in [0.15, 0.2) is 41.0 Å². The molecular formula is C21H23FN2O4. The van der Waals surface area contributed by atoms with Crippen LogP contribution in [-0.2, 0) is 11.3 Å². The fraction of sp³-hybridized carbons (Fsp3) is 0.429. The first kappa shape index (κ1) is 18.5. The Balaban J connectivity index is 1.50. The predicted octanol–water partition coefficient (Wildman–Crippen LogP) is 3.08. The van der Waals surface area contributed by atoms with Gasteiger partial charge in [0.05, 0.1) is 18.8 Å². The Morgan fingerprint density at radius 2 is 2.14 bits per heavy atom. The number of carbonyl (C=O) groups is 2. The van der Waals surface area contributed by atoms with Crippen LogP contribution in [0.2, 0.25) is 0 Å². The quantitative estimate of drug-likeness (QED) is 0.810. The molecule has 1 aromatic heterocycles. The molecule has 1 spiro atoms. The van der Waals surface area contributed by atoms with E-state index >= 15 is 0 Å². The summed E-state index contributed by atoms with van der Waals surface area (Å²) in [5, 5.41) is 0. The molecule has 4 rings (SSSR count). The first-order chi connectivity index (χ1) is 13.5. The number of halogens is 1. The van der Waals surface area contributed by atoms with E-state index in [1.807, 2.05) is 0 Å². The topological polar surface area (TPSA) is 63.0 Å². The van der Waals surface area contributed by atoms with Crippen molar-refractivity contribution in [2.45, 2.75) is 25.8 Å². The van der Waals surface area contributed by atoms with E-state index in [1.54, 1.807) is 34.1 Å². The molecule has 1 aromatic carbocycles. The number of amides is 2. The average Bonchev–Trinajstić information content (AvgIpc) is 3.38. The van der Waals surface area contributed by atoms with Crippen molar-refractivity contribution in [3.05, 3.63) is 53.7 Å². The number of piperidine rings is 1. The van der Waals surface area contributed by atoms with Gasteiger partial charge in [-0.2, -0.15) is 0 Å². The van der Waals surface area contributed by atoms with Crippen LogP contribution >= 0.6 is 0 Å².